The summed E-state index contributed by atoms with van der Waals surface area (Å²) in [6.07, 6.45) is 3.24. The number of carboxylic acids is 2. The summed E-state index contributed by atoms with van der Waals surface area (Å²) >= 11 is 0.698. The lowest BCUT2D eigenvalue weighted by atomic mass is 9.96. The fraction of sp³-hybridized carbons (Fsp3) is 0.565. The molecule has 0 saturated heterocycles. The van der Waals surface area contributed by atoms with Crippen LogP contribution in [0.2, 0.25) is 0 Å². The number of rotatable bonds is 19. The number of carbonyl (C=O) groups excluding carboxylic acids is 5. The smallest absolute Gasteiger partial charge is 0.322 e. The van der Waals surface area contributed by atoms with Gasteiger partial charge in [0.15, 0.2) is 5.12 Å². The van der Waals surface area contributed by atoms with Crippen molar-refractivity contribution >= 4 is 52.2 Å². The topological polar surface area (TPSA) is 239 Å². The molecule has 0 aromatic carbocycles. The molecule has 0 spiro atoms. The summed E-state index contributed by atoms with van der Waals surface area (Å²) < 4.78 is 0. The molecule has 1 heterocycles. The number of hydrogen-bond donors (Lipinski definition) is 6. The Hall–Kier alpha value is -3.59. The molecule has 1 aromatic rings. The number of hydrogen-bond acceptors (Lipinski definition) is 10. The Kier molecular flexibility index (Phi) is 14.5. The van der Waals surface area contributed by atoms with E-state index in [1.165, 1.54) is 19.4 Å². The maximum Gasteiger partial charge on any atom is 0.322 e. The van der Waals surface area contributed by atoms with E-state index in [4.69, 9.17) is 15.9 Å². The molecule has 0 aliphatic heterocycles. The maximum atomic E-state index is 13.1. The van der Waals surface area contributed by atoms with Gasteiger partial charge in [-0.1, -0.05) is 11.8 Å². The highest BCUT2D eigenvalue weighted by molar-refractivity contribution is 8.13. The Morgan fingerprint density at radius 1 is 1.11 bits per heavy atom. The molecule has 0 fully saturated rings. The minimum absolute atomic E-state index is 0.0438. The van der Waals surface area contributed by atoms with Crippen LogP contribution in [0.15, 0.2) is 12.5 Å². The summed E-state index contributed by atoms with van der Waals surface area (Å²) in [7, 11) is 0. The predicted octanol–water partition coefficient (Wildman–Crippen LogP) is -0.576. The van der Waals surface area contributed by atoms with Gasteiger partial charge in [-0.05, 0) is 19.8 Å². The van der Waals surface area contributed by atoms with Gasteiger partial charge in [0.25, 0.3) is 0 Å². The molecular weight excluding hydrogens is 522 g/mol. The lowest BCUT2D eigenvalue weighted by Crippen LogP contribution is -2.49. The average molecular weight is 556 g/mol. The van der Waals surface area contributed by atoms with E-state index in [-0.39, 0.29) is 55.8 Å². The first-order chi connectivity index (χ1) is 17.9. The highest BCUT2D eigenvalue weighted by Gasteiger charge is 2.28. The van der Waals surface area contributed by atoms with Crippen LogP contribution < -0.4 is 16.4 Å². The zero-order valence-electron chi connectivity index (χ0n) is 20.9. The summed E-state index contributed by atoms with van der Waals surface area (Å²) in [4.78, 5) is 89.8. The number of aromatic nitrogens is 2. The fourth-order valence-corrected chi connectivity index (χ4v) is 4.21. The van der Waals surface area contributed by atoms with Crippen LogP contribution >= 0.6 is 11.8 Å². The lowest BCUT2D eigenvalue weighted by molar-refractivity contribution is -0.139. The molecule has 1 aromatic heterocycles. The third kappa shape index (κ3) is 13.6. The van der Waals surface area contributed by atoms with Crippen molar-refractivity contribution in [2.75, 3.05) is 12.3 Å². The Bertz CT molecular complexity index is 999. The van der Waals surface area contributed by atoms with Crippen molar-refractivity contribution < 1.29 is 43.8 Å². The first-order valence-electron chi connectivity index (χ1n) is 11.8. The number of aromatic amines is 1. The van der Waals surface area contributed by atoms with Crippen molar-refractivity contribution in [3.63, 3.8) is 0 Å². The number of ketones is 2. The molecule has 0 radical (unpaired) electrons. The minimum atomic E-state index is -1.32. The number of H-pyrrole nitrogens is 1. The predicted molar refractivity (Wildman–Crippen MR) is 135 cm³/mol. The second-order valence-electron chi connectivity index (χ2n) is 8.62. The number of nitrogens with one attached hydrogen (secondary N) is 3. The Balaban J connectivity index is 2.87. The normalized spacial score (nSPS) is 13.1. The van der Waals surface area contributed by atoms with Gasteiger partial charge in [0, 0.05) is 55.7 Å². The maximum absolute atomic E-state index is 13.1. The van der Waals surface area contributed by atoms with E-state index >= 15 is 0 Å². The number of carbonyl (C=O) groups is 7. The number of nitrogens with two attached hydrogens (primary N) is 1. The molecule has 0 saturated carbocycles. The average Bonchev–Trinajstić information content (AvgIpc) is 3.35. The lowest BCUT2D eigenvalue weighted by Gasteiger charge is -2.19. The molecule has 0 aliphatic carbocycles. The van der Waals surface area contributed by atoms with E-state index in [0.29, 0.717) is 23.9 Å². The largest absolute Gasteiger partial charge is 0.480 e. The van der Waals surface area contributed by atoms with Crippen molar-refractivity contribution in [1.29, 1.82) is 0 Å². The van der Waals surface area contributed by atoms with E-state index in [2.05, 4.69) is 20.6 Å². The molecule has 14 nitrogen and oxygen atoms in total. The van der Waals surface area contributed by atoms with Crippen LogP contribution in [0.5, 0.6) is 0 Å². The Morgan fingerprint density at radius 3 is 2.39 bits per heavy atom. The summed E-state index contributed by atoms with van der Waals surface area (Å²) in [5.41, 5.74) is 5.99. The van der Waals surface area contributed by atoms with E-state index in [9.17, 15) is 33.6 Å². The van der Waals surface area contributed by atoms with Gasteiger partial charge in [0.05, 0.1) is 6.33 Å². The van der Waals surface area contributed by atoms with Gasteiger partial charge in [-0.15, -0.1) is 0 Å². The number of Topliss-reactive ketones (excluding diaryl/α,β-unsaturated/α-hetero) is 2. The third-order valence-electron chi connectivity index (χ3n) is 5.27. The van der Waals surface area contributed by atoms with E-state index < -0.39 is 53.4 Å². The van der Waals surface area contributed by atoms with Crippen molar-refractivity contribution in [2.45, 2.75) is 64.0 Å². The fourth-order valence-electron chi connectivity index (χ4n) is 3.24. The highest BCUT2D eigenvalue weighted by Crippen LogP contribution is 2.21. The Labute approximate surface area is 222 Å². The second kappa shape index (κ2) is 17.0. The van der Waals surface area contributed by atoms with Crippen LogP contribution in [0, 0.1) is 5.92 Å². The van der Waals surface area contributed by atoms with Crippen molar-refractivity contribution in [2.24, 2.45) is 11.7 Å². The zero-order chi connectivity index (χ0) is 28.7. The summed E-state index contributed by atoms with van der Waals surface area (Å²) in [6, 6.07) is -2.59. The van der Waals surface area contributed by atoms with Gasteiger partial charge in [-0.2, -0.15) is 0 Å². The standard InChI is InChI=1S/C23H33N5O9S/c1-13(29)3-2-4-16(30)8-14(7-15-9-25-12-27-15)23(37)38-11-18(21(34)26-10-20(32)33)28-19(31)6-5-17(24)22(35)36/h9,12,14,17-18H,2-8,10-11,24H2,1H3,(H,25,27)(H,26,34)(H,28,31)(H,32,33)(H,35,36)/t14-,17?,18?/m1/s1. The number of thioether (sulfide) groups is 1. The van der Waals surface area contributed by atoms with Crippen LogP contribution in [0.25, 0.3) is 0 Å². The van der Waals surface area contributed by atoms with E-state index in [0.717, 1.165) is 0 Å². The first kappa shape index (κ1) is 32.4. The van der Waals surface area contributed by atoms with E-state index in [1.54, 1.807) is 0 Å². The van der Waals surface area contributed by atoms with Crippen LogP contribution in [0.3, 0.4) is 0 Å². The molecule has 2 amide bonds. The van der Waals surface area contributed by atoms with Gasteiger partial charge in [0.2, 0.25) is 11.8 Å². The van der Waals surface area contributed by atoms with Gasteiger partial charge in [-0.25, -0.2) is 4.98 Å². The number of aliphatic carboxylic acids is 2. The molecule has 0 aliphatic rings. The summed E-state index contributed by atoms with van der Waals surface area (Å²) in [6.45, 7) is 0.707. The van der Waals surface area contributed by atoms with Gasteiger partial charge in [0.1, 0.15) is 30.2 Å². The number of nitrogens with zero attached hydrogens (tertiary/aromatic N) is 1. The minimum Gasteiger partial charge on any atom is -0.480 e. The monoisotopic (exact) mass is 555 g/mol. The number of imidazole rings is 1. The van der Waals surface area contributed by atoms with Crippen LogP contribution in [-0.4, -0.2) is 85.0 Å². The quantitative estimate of drug-likeness (QED) is 0.126. The summed E-state index contributed by atoms with van der Waals surface area (Å²) in [5.74, 6) is -5.47. The molecular formula is C23H33N5O9S. The number of carboxylic acid groups (broad SMARTS) is 2. The molecule has 2 unspecified atom stereocenters. The first-order valence-corrected chi connectivity index (χ1v) is 12.8. The van der Waals surface area contributed by atoms with Gasteiger partial charge in [-0.3, -0.25) is 28.8 Å². The van der Waals surface area contributed by atoms with E-state index in [1.807, 2.05) is 0 Å². The van der Waals surface area contributed by atoms with Crippen LogP contribution in [0.4, 0.5) is 0 Å². The Morgan fingerprint density at radius 2 is 1.82 bits per heavy atom. The zero-order valence-corrected chi connectivity index (χ0v) is 21.8. The molecule has 3 atom stereocenters. The van der Waals surface area contributed by atoms with Crippen molar-refractivity contribution in [3.8, 4) is 0 Å². The summed E-state index contributed by atoms with van der Waals surface area (Å²) in [5, 5.41) is 21.7. The molecule has 1 rings (SSSR count). The molecule has 38 heavy (non-hydrogen) atoms. The van der Waals surface area contributed by atoms with Crippen LogP contribution in [0.1, 0.15) is 51.1 Å². The van der Waals surface area contributed by atoms with Crippen molar-refractivity contribution in [3.05, 3.63) is 18.2 Å². The second-order valence-corrected chi connectivity index (χ2v) is 9.65. The van der Waals surface area contributed by atoms with Gasteiger partial charge < -0.3 is 36.4 Å². The van der Waals surface area contributed by atoms with Gasteiger partial charge >= 0.3 is 11.9 Å². The van der Waals surface area contributed by atoms with Crippen LogP contribution in [-0.2, 0) is 40.0 Å². The highest BCUT2D eigenvalue weighted by atomic mass is 32.2. The third-order valence-corrected chi connectivity index (χ3v) is 6.39. The van der Waals surface area contributed by atoms with Crippen molar-refractivity contribution in [1.82, 2.24) is 20.6 Å². The molecule has 210 valence electrons. The molecule has 7 N–H and O–H groups in total. The molecule has 15 heteroatoms. The molecule has 0 bridgehead atoms. The SMILES string of the molecule is CC(=O)CCCC(=O)C[C@@H](Cc1cnc[nH]1)C(=O)SCC(NC(=O)CCC(N)C(=O)O)C(=O)NCC(=O)O. The number of amides is 2.